The van der Waals surface area contributed by atoms with Gasteiger partial charge in [-0.15, -0.1) is 0 Å². The van der Waals surface area contributed by atoms with Crippen molar-refractivity contribution in [2.24, 2.45) is 0 Å². The van der Waals surface area contributed by atoms with Gasteiger partial charge in [-0.25, -0.2) is 0 Å². The van der Waals surface area contributed by atoms with Crippen LogP contribution in [0.4, 0.5) is 0 Å². The van der Waals surface area contributed by atoms with E-state index < -0.39 is 0 Å². The van der Waals surface area contributed by atoms with Crippen LogP contribution in [0.1, 0.15) is 24.8 Å². The van der Waals surface area contributed by atoms with Crippen molar-refractivity contribution in [3.8, 4) is 0 Å². The predicted molar refractivity (Wildman–Crippen MR) is 78.8 cm³/mol. The SMILES string of the molecule is O=C(CC1CCCN1)NCCc1c(Cl)cccc1Cl. The molecule has 0 bridgehead atoms. The van der Waals surface area contributed by atoms with Crippen molar-refractivity contribution >= 4 is 29.1 Å². The monoisotopic (exact) mass is 300 g/mol. The minimum absolute atomic E-state index is 0.0857. The standard InChI is InChI=1S/C14H18Cl2N2O/c15-12-4-1-5-13(16)11(12)6-8-18-14(19)9-10-3-2-7-17-10/h1,4-5,10,17H,2-3,6-9H2,(H,18,19). The number of rotatable bonds is 5. The van der Waals surface area contributed by atoms with Crippen LogP contribution in [0, 0.1) is 0 Å². The smallest absolute Gasteiger partial charge is 0.221 e. The Morgan fingerprint density at radius 1 is 1.37 bits per heavy atom. The molecule has 1 aliphatic rings. The molecule has 0 saturated carbocycles. The van der Waals surface area contributed by atoms with E-state index in [0.717, 1.165) is 24.9 Å². The summed E-state index contributed by atoms with van der Waals surface area (Å²) in [5.41, 5.74) is 0.894. The minimum Gasteiger partial charge on any atom is -0.356 e. The second kappa shape index (κ2) is 7.13. The largest absolute Gasteiger partial charge is 0.356 e. The van der Waals surface area contributed by atoms with Crippen molar-refractivity contribution in [3.05, 3.63) is 33.8 Å². The molecule has 0 spiro atoms. The van der Waals surface area contributed by atoms with Crippen LogP contribution in [-0.2, 0) is 11.2 Å². The quantitative estimate of drug-likeness (QED) is 0.878. The Morgan fingerprint density at radius 3 is 2.74 bits per heavy atom. The Labute approximate surface area is 123 Å². The van der Waals surface area contributed by atoms with Crippen LogP contribution in [0.25, 0.3) is 0 Å². The first-order valence-electron chi connectivity index (χ1n) is 6.60. The minimum atomic E-state index is 0.0857. The normalized spacial score (nSPS) is 18.5. The number of carbonyl (C=O) groups is 1. The van der Waals surface area contributed by atoms with Crippen LogP contribution in [0.5, 0.6) is 0 Å². The Kier molecular flexibility index (Phi) is 5.49. The number of benzene rings is 1. The van der Waals surface area contributed by atoms with Gasteiger partial charge in [0.1, 0.15) is 0 Å². The lowest BCUT2D eigenvalue weighted by atomic mass is 10.1. The molecule has 1 unspecified atom stereocenters. The van der Waals surface area contributed by atoms with Gasteiger partial charge in [-0.1, -0.05) is 29.3 Å². The van der Waals surface area contributed by atoms with Gasteiger partial charge in [0.25, 0.3) is 0 Å². The first-order chi connectivity index (χ1) is 9.16. The lowest BCUT2D eigenvalue weighted by molar-refractivity contribution is -0.121. The Hall–Kier alpha value is -0.770. The van der Waals surface area contributed by atoms with E-state index in [4.69, 9.17) is 23.2 Å². The molecule has 2 rings (SSSR count). The third-order valence-corrected chi connectivity index (χ3v) is 4.06. The number of hydrogen-bond acceptors (Lipinski definition) is 2. The number of halogens is 2. The summed E-state index contributed by atoms with van der Waals surface area (Å²) < 4.78 is 0. The highest BCUT2D eigenvalue weighted by molar-refractivity contribution is 6.35. The summed E-state index contributed by atoms with van der Waals surface area (Å²) in [6.07, 6.45) is 3.45. The summed E-state index contributed by atoms with van der Waals surface area (Å²) in [4.78, 5) is 11.7. The molecule has 1 fully saturated rings. The van der Waals surface area contributed by atoms with E-state index in [1.165, 1.54) is 0 Å². The zero-order valence-electron chi connectivity index (χ0n) is 10.7. The molecule has 1 aromatic rings. The summed E-state index contributed by atoms with van der Waals surface area (Å²) >= 11 is 12.2. The summed E-state index contributed by atoms with van der Waals surface area (Å²) in [7, 11) is 0. The highest BCUT2D eigenvalue weighted by Crippen LogP contribution is 2.24. The average molecular weight is 301 g/mol. The van der Waals surface area contributed by atoms with Gasteiger partial charge in [0, 0.05) is 29.1 Å². The Morgan fingerprint density at radius 2 is 2.11 bits per heavy atom. The fraction of sp³-hybridized carbons (Fsp3) is 0.500. The molecular formula is C14H18Cl2N2O. The van der Waals surface area contributed by atoms with Gasteiger partial charge >= 0.3 is 0 Å². The highest BCUT2D eigenvalue weighted by atomic mass is 35.5. The predicted octanol–water partition coefficient (Wildman–Crippen LogP) is 2.79. The molecule has 2 N–H and O–H groups in total. The van der Waals surface area contributed by atoms with Crippen molar-refractivity contribution in [2.75, 3.05) is 13.1 Å². The molecule has 1 aliphatic heterocycles. The number of carbonyl (C=O) groups excluding carboxylic acids is 1. The van der Waals surface area contributed by atoms with Gasteiger partial charge in [-0.2, -0.15) is 0 Å². The maximum Gasteiger partial charge on any atom is 0.221 e. The van der Waals surface area contributed by atoms with Crippen molar-refractivity contribution < 1.29 is 4.79 Å². The van der Waals surface area contributed by atoms with Crippen LogP contribution in [-0.4, -0.2) is 25.0 Å². The fourth-order valence-corrected chi connectivity index (χ4v) is 2.91. The lowest BCUT2D eigenvalue weighted by Crippen LogP contribution is -2.32. The molecule has 0 radical (unpaired) electrons. The lowest BCUT2D eigenvalue weighted by Gasteiger charge is -2.11. The summed E-state index contributed by atoms with van der Waals surface area (Å²) in [6, 6.07) is 5.78. The van der Waals surface area contributed by atoms with Crippen LogP contribution in [0.15, 0.2) is 18.2 Å². The van der Waals surface area contributed by atoms with Gasteiger partial charge in [-0.3, -0.25) is 4.79 Å². The second-order valence-electron chi connectivity index (χ2n) is 4.80. The number of amides is 1. The van der Waals surface area contributed by atoms with Gasteiger partial charge in [-0.05, 0) is 43.5 Å². The van der Waals surface area contributed by atoms with E-state index in [9.17, 15) is 4.79 Å². The molecule has 1 atom stereocenters. The van der Waals surface area contributed by atoms with E-state index >= 15 is 0 Å². The zero-order valence-corrected chi connectivity index (χ0v) is 12.2. The van der Waals surface area contributed by atoms with Crippen molar-refractivity contribution in [1.29, 1.82) is 0 Å². The molecule has 19 heavy (non-hydrogen) atoms. The van der Waals surface area contributed by atoms with Crippen LogP contribution in [0.3, 0.4) is 0 Å². The molecule has 1 heterocycles. The van der Waals surface area contributed by atoms with E-state index in [1.54, 1.807) is 0 Å². The van der Waals surface area contributed by atoms with E-state index in [1.807, 2.05) is 18.2 Å². The summed E-state index contributed by atoms with van der Waals surface area (Å²) in [5.74, 6) is 0.0857. The fourth-order valence-electron chi connectivity index (χ4n) is 2.32. The Balaban J connectivity index is 1.75. The number of hydrogen-bond donors (Lipinski definition) is 2. The molecule has 0 aromatic heterocycles. The molecule has 104 valence electrons. The van der Waals surface area contributed by atoms with E-state index in [-0.39, 0.29) is 5.91 Å². The topological polar surface area (TPSA) is 41.1 Å². The molecule has 3 nitrogen and oxygen atoms in total. The van der Waals surface area contributed by atoms with Gasteiger partial charge < -0.3 is 10.6 Å². The van der Waals surface area contributed by atoms with Crippen LogP contribution < -0.4 is 10.6 Å². The molecule has 1 amide bonds. The summed E-state index contributed by atoms with van der Waals surface area (Å²) in [5, 5.41) is 7.53. The maximum atomic E-state index is 11.7. The first kappa shape index (κ1) is 14.6. The third kappa shape index (κ3) is 4.37. The summed E-state index contributed by atoms with van der Waals surface area (Å²) in [6.45, 7) is 1.59. The van der Waals surface area contributed by atoms with Crippen molar-refractivity contribution in [1.82, 2.24) is 10.6 Å². The maximum absolute atomic E-state index is 11.7. The average Bonchev–Trinajstić information content (AvgIpc) is 2.85. The van der Waals surface area contributed by atoms with Gasteiger partial charge in [0.15, 0.2) is 0 Å². The van der Waals surface area contributed by atoms with E-state index in [0.29, 0.717) is 35.5 Å². The highest BCUT2D eigenvalue weighted by Gasteiger charge is 2.17. The van der Waals surface area contributed by atoms with Crippen LogP contribution >= 0.6 is 23.2 Å². The van der Waals surface area contributed by atoms with Crippen molar-refractivity contribution in [2.45, 2.75) is 31.7 Å². The molecule has 0 aliphatic carbocycles. The number of nitrogens with one attached hydrogen (secondary N) is 2. The molecule has 5 heteroatoms. The second-order valence-corrected chi connectivity index (χ2v) is 5.61. The van der Waals surface area contributed by atoms with Gasteiger partial charge in [0.2, 0.25) is 5.91 Å². The third-order valence-electron chi connectivity index (χ3n) is 3.35. The first-order valence-corrected chi connectivity index (χ1v) is 7.35. The molecule has 1 aromatic carbocycles. The van der Waals surface area contributed by atoms with Crippen molar-refractivity contribution in [3.63, 3.8) is 0 Å². The zero-order chi connectivity index (χ0) is 13.7. The molecule has 1 saturated heterocycles. The van der Waals surface area contributed by atoms with E-state index in [2.05, 4.69) is 10.6 Å². The van der Waals surface area contributed by atoms with Gasteiger partial charge in [0.05, 0.1) is 0 Å². The Bertz CT molecular complexity index is 425. The molecular weight excluding hydrogens is 283 g/mol. The van der Waals surface area contributed by atoms with Crippen LogP contribution in [0.2, 0.25) is 10.0 Å².